The third-order valence-electron chi connectivity index (χ3n) is 4.89. The molecule has 2 aromatic carbocycles. The van der Waals surface area contributed by atoms with Gasteiger partial charge in [0.2, 0.25) is 0 Å². The fraction of sp³-hybridized carbons (Fsp3) is 0.160. The first-order valence-electron chi connectivity index (χ1n) is 10.5. The predicted molar refractivity (Wildman–Crippen MR) is 123 cm³/mol. The van der Waals surface area contributed by atoms with E-state index >= 15 is 0 Å². The maximum atomic E-state index is 13.1. The molecule has 0 unspecified atom stereocenters. The number of carbonyl (C=O) groups is 2. The van der Waals surface area contributed by atoms with E-state index in [-0.39, 0.29) is 11.8 Å². The molecule has 4 rings (SSSR count). The van der Waals surface area contributed by atoms with Crippen LogP contribution in [-0.4, -0.2) is 28.1 Å². The zero-order valence-electron chi connectivity index (χ0n) is 18.0. The number of anilines is 1. The van der Waals surface area contributed by atoms with Gasteiger partial charge >= 0.3 is 0 Å². The van der Waals surface area contributed by atoms with Crippen molar-refractivity contribution in [2.75, 3.05) is 11.9 Å². The molecule has 2 heterocycles. The van der Waals surface area contributed by atoms with Crippen LogP contribution in [0.3, 0.4) is 0 Å². The minimum Gasteiger partial charge on any atom is -0.460 e. The summed E-state index contributed by atoms with van der Waals surface area (Å²) in [6.07, 6.45) is 2.55. The minimum atomic E-state index is -0.320. The Bertz CT molecular complexity index is 1220. The molecule has 4 aromatic rings. The highest BCUT2D eigenvalue weighted by Gasteiger charge is 2.21. The normalized spacial score (nSPS) is 10.7. The summed E-state index contributed by atoms with van der Waals surface area (Å²) in [5.41, 5.74) is 2.79. The number of amides is 2. The monoisotopic (exact) mass is 428 g/mol. The van der Waals surface area contributed by atoms with Crippen LogP contribution >= 0.6 is 0 Å². The van der Waals surface area contributed by atoms with Crippen LogP contribution in [0.25, 0.3) is 17.1 Å². The van der Waals surface area contributed by atoms with Gasteiger partial charge in [-0.3, -0.25) is 9.59 Å². The molecule has 2 N–H and O–H groups in total. The second-order valence-corrected chi connectivity index (χ2v) is 7.37. The number of rotatable bonds is 7. The molecule has 0 aliphatic rings. The van der Waals surface area contributed by atoms with Crippen LogP contribution < -0.4 is 10.6 Å². The number of hydrogen-bond donors (Lipinski definition) is 2. The maximum Gasteiger partial charge on any atom is 0.259 e. The first-order chi connectivity index (χ1) is 15.5. The SMILES string of the molecule is CCCNC(=O)c1ccc(NC(=O)c2cn(-c3ccccc3)nc2-c2ccc(C)o2)cc1. The summed E-state index contributed by atoms with van der Waals surface area (Å²) in [7, 11) is 0. The van der Waals surface area contributed by atoms with Gasteiger partial charge in [0.25, 0.3) is 11.8 Å². The highest BCUT2D eigenvalue weighted by molar-refractivity contribution is 6.08. The number of aryl methyl sites for hydroxylation is 1. The molecule has 0 spiro atoms. The van der Waals surface area contributed by atoms with E-state index in [1.807, 2.05) is 50.2 Å². The number of hydrogen-bond acceptors (Lipinski definition) is 4. The van der Waals surface area contributed by atoms with Crippen LogP contribution in [0.4, 0.5) is 5.69 Å². The number of para-hydroxylation sites is 1. The molecular formula is C25H24N4O3. The quantitative estimate of drug-likeness (QED) is 0.441. The van der Waals surface area contributed by atoms with Gasteiger partial charge in [0.1, 0.15) is 11.5 Å². The van der Waals surface area contributed by atoms with E-state index in [9.17, 15) is 9.59 Å². The van der Waals surface area contributed by atoms with Gasteiger partial charge in [-0.15, -0.1) is 0 Å². The van der Waals surface area contributed by atoms with E-state index in [2.05, 4.69) is 15.7 Å². The molecule has 0 aliphatic heterocycles. The van der Waals surface area contributed by atoms with Gasteiger partial charge in [-0.1, -0.05) is 25.1 Å². The van der Waals surface area contributed by atoms with Crippen LogP contribution in [0, 0.1) is 6.92 Å². The van der Waals surface area contributed by atoms with Crippen molar-refractivity contribution in [3.63, 3.8) is 0 Å². The average Bonchev–Trinajstić information content (AvgIpc) is 3.45. The summed E-state index contributed by atoms with van der Waals surface area (Å²) in [5.74, 6) is 0.798. The maximum absolute atomic E-state index is 13.1. The molecule has 2 amide bonds. The van der Waals surface area contributed by atoms with Crippen molar-refractivity contribution >= 4 is 17.5 Å². The first-order valence-corrected chi connectivity index (χ1v) is 10.5. The summed E-state index contributed by atoms with van der Waals surface area (Å²) in [6, 6.07) is 20.0. The first kappa shape index (κ1) is 21.1. The molecule has 32 heavy (non-hydrogen) atoms. The van der Waals surface area contributed by atoms with E-state index in [0.29, 0.717) is 34.8 Å². The summed E-state index contributed by atoms with van der Waals surface area (Å²) >= 11 is 0. The summed E-state index contributed by atoms with van der Waals surface area (Å²) in [6.45, 7) is 4.46. The van der Waals surface area contributed by atoms with Crippen molar-refractivity contribution < 1.29 is 14.0 Å². The van der Waals surface area contributed by atoms with Gasteiger partial charge < -0.3 is 15.1 Å². The number of carbonyl (C=O) groups excluding carboxylic acids is 2. The second kappa shape index (κ2) is 9.34. The number of nitrogens with zero attached hydrogens (tertiary/aromatic N) is 2. The second-order valence-electron chi connectivity index (χ2n) is 7.37. The van der Waals surface area contributed by atoms with Crippen LogP contribution in [0.5, 0.6) is 0 Å². The molecule has 0 fully saturated rings. The molecule has 7 heteroatoms. The molecular weight excluding hydrogens is 404 g/mol. The number of aromatic nitrogens is 2. The minimum absolute atomic E-state index is 0.135. The molecule has 0 saturated carbocycles. The predicted octanol–water partition coefficient (Wildman–Crippen LogP) is 4.83. The Labute approximate surface area is 186 Å². The fourth-order valence-electron chi connectivity index (χ4n) is 3.24. The van der Waals surface area contributed by atoms with Gasteiger partial charge in [0.15, 0.2) is 5.76 Å². The van der Waals surface area contributed by atoms with E-state index in [1.165, 1.54) is 0 Å². The Kier molecular flexibility index (Phi) is 6.17. The number of furan rings is 1. The van der Waals surface area contributed by atoms with Crippen molar-refractivity contribution in [2.45, 2.75) is 20.3 Å². The lowest BCUT2D eigenvalue weighted by atomic mass is 10.1. The Morgan fingerprint density at radius 1 is 0.969 bits per heavy atom. The lowest BCUT2D eigenvalue weighted by Crippen LogP contribution is -2.23. The Hall–Kier alpha value is -4.13. The Morgan fingerprint density at radius 2 is 1.72 bits per heavy atom. The standard InChI is InChI=1S/C25H24N4O3/c1-3-15-26-24(30)18-10-12-19(13-11-18)27-25(31)21-16-29(20-7-5-4-6-8-20)28-23(21)22-14-9-17(2)32-22/h4-14,16H,3,15H2,1-2H3,(H,26,30)(H,27,31). The molecule has 0 radical (unpaired) electrons. The molecule has 0 aliphatic carbocycles. The zero-order valence-corrected chi connectivity index (χ0v) is 18.0. The third kappa shape index (κ3) is 4.62. The van der Waals surface area contributed by atoms with E-state index in [0.717, 1.165) is 17.9 Å². The number of nitrogens with one attached hydrogen (secondary N) is 2. The third-order valence-corrected chi connectivity index (χ3v) is 4.89. The summed E-state index contributed by atoms with van der Waals surface area (Å²) in [5, 5.41) is 10.3. The average molecular weight is 428 g/mol. The van der Waals surface area contributed by atoms with Gasteiger partial charge in [0, 0.05) is 24.0 Å². The highest BCUT2D eigenvalue weighted by atomic mass is 16.3. The molecule has 2 aromatic heterocycles. The fourth-order valence-corrected chi connectivity index (χ4v) is 3.24. The topological polar surface area (TPSA) is 89.2 Å². The summed E-state index contributed by atoms with van der Waals surface area (Å²) in [4.78, 5) is 25.2. The van der Waals surface area contributed by atoms with Crippen LogP contribution in [0.1, 0.15) is 39.8 Å². The summed E-state index contributed by atoms with van der Waals surface area (Å²) < 4.78 is 7.39. The van der Waals surface area contributed by atoms with Gasteiger partial charge in [-0.2, -0.15) is 5.10 Å². The largest absolute Gasteiger partial charge is 0.460 e. The van der Waals surface area contributed by atoms with Crippen LogP contribution in [0.2, 0.25) is 0 Å². The van der Waals surface area contributed by atoms with Gasteiger partial charge in [-0.25, -0.2) is 4.68 Å². The van der Waals surface area contributed by atoms with E-state index in [1.54, 1.807) is 41.2 Å². The van der Waals surface area contributed by atoms with Crippen LogP contribution in [0.15, 0.2) is 77.3 Å². The molecule has 0 bridgehead atoms. The molecule has 7 nitrogen and oxygen atoms in total. The Balaban J connectivity index is 1.60. The highest BCUT2D eigenvalue weighted by Crippen LogP contribution is 2.26. The van der Waals surface area contributed by atoms with Crippen LogP contribution in [-0.2, 0) is 0 Å². The van der Waals surface area contributed by atoms with Crippen molar-refractivity contribution in [3.05, 3.63) is 89.8 Å². The number of benzene rings is 2. The van der Waals surface area contributed by atoms with E-state index in [4.69, 9.17) is 4.42 Å². The zero-order chi connectivity index (χ0) is 22.5. The Morgan fingerprint density at radius 3 is 2.38 bits per heavy atom. The lowest BCUT2D eigenvalue weighted by molar-refractivity contribution is 0.0953. The van der Waals surface area contributed by atoms with Crippen molar-refractivity contribution in [1.82, 2.24) is 15.1 Å². The molecule has 0 saturated heterocycles. The smallest absolute Gasteiger partial charge is 0.259 e. The van der Waals surface area contributed by atoms with Crippen molar-refractivity contribution in [1.29, 1.82) is 0 Å². The van der Waals surface area contributed by atoms with Crippen molar-refractivity contribution in [2.24, 2.45) is 0 Å². The van der Waals surface area contributed by atoms with Gasteiger partial charge in [-0.05, 0) is 61.9 Å². The molecule has 0 atom stereocenters. The van der Waals surface area contributed by atoms with Crippen molar-refractivity contribution in [3.8, 4) is 17.1 Å². The molecule has 162 valence electrons. The van der Waals surface area contributed by atoms with Gasteiger partial charge in [0.05, 0.1) is 11.3 Å². The lowest BCUT2D eigenvalue weighted by Gasteiger charge is -2.07. The van der Waals surface area contributed by atoms with E-state index < -0.39 is 0 Å².